The number of carbonyl (C=O) groups excluding carboxylic acids is 1. The van der Waals surface area contributed by atoms with E-state index >= 15 is 0 Å². The van der Waals surface area contributed by atoms with E-state index in [0.29, 0.717) is 5.16 Å². The minimum atomic E-state index is -0.0812. The van der Waals surface area contributed by atoms with Gasteiger partial charge in [0.1, 0.15) is 11.6 Å². The van der Waals surface area contributed by atoms with Crippen LogP contribution in [0.3, 0.4) is 0 Å². The molecule has 2 aromatic heterocycles. The lowest BCUT2D eigenvalue weighted by molar-refractivity contribution is -0.119. The van der Waals surface area contributed by atoms with Gasteiger partial charge in [0.25, 0.3) is 0 Å². The van der Waals surface area contributed by atoms with Gasteiger partial charge in [-0.2, -0.15) is 0 Å². The Balaban J connectivity index is 1.65. The number of methoxy groups -OCH3 is 1. The smallest absolute Gasteiger partial charge is 0.230 e. The quantitative estimate of drug-likeness (QED) is 0.632. The number of benzene rings is 1. The van der Waals surface area contributed by atoms with Crippen LogP contribution in [0.15, 0.2) is 53.9 Å². The third-order valence-corrected chi connectivity index (χ3v) is 4.97. The molecule has 8 heteroatoms. The first kappa shape index (κ1) is 18.9. The highest BCUT2D eigenvalue weighted by atomic mass is 32.2. The molecule has 1 N–H and O–H groups in total. The molecule has 1 atom stereocenters. The van der Waals surface area contributed by atoms with Crippen LogP contribution in [0.4, 0.5) is 0 Å². The Bertz CT molecular complexity index is 896. The lowest BCUT2D eigenvalue weighted by Crippen LogP contribution is -2.28. The summed E-state index contributed by atoms with van der Waals surface area (Å²) in [5, 5.41) is 12.0. The maximum Gasteiger partial charge on any atom is 0.230 e. The molecule has 0 bridgehead atoms. The molecular weight excluding hydrogens is 362 g/mol. The van der Waals surface area contributed by atoms with Gasteiger partial charge in [0.15, 0.2) is 5.16 Å². The molecule has 0 radical (unpaired) electrons. The number of aryl methyl sites for hydroxylation is 1. The Hall–Kier alpha value is -2.87. The van der Waals surface area contributed by atoms with Crippen LogP contribution in [0.1, 0.15) is 24.4 Å². The van der Waals surface area contributed by atoms with Crippen molar-refractivity contribution in [1.82, 2.24) is 25.1 Å². The zero-order chi connectivity index (χ0) is 19.2. The summed E-state index contributed by atoms with van der Waals surface area (Å²) in [6.45, 7) is 3.83. The fraction of sp³-hybridized carbons (Fsp3) is 0.263. The molecule has 1 unspecified atom stereocenters. The van der Waals surface area contributed by atoms with Crippen LogP contribution >= 0.6 is 11.8 Å². The van der Waals surface area contributed by atoms with Crippen LogP contribution in [-0.2, 0) is 4.79 Å². The predicted octanol–water partition coefficient (Wildman–Crippen LogP) is 2.95. The Labute approximate surface area is 162 Å². The Morgan fingerprint density at radius 3 is 2.56 bits per heavy atom. The van der Waals surface area contributed by atoms with Crippen molar-refractivity contribution in [3.63, 3.8) is 0 Å². The molecule has 1 aromatic carbocycles. The number of nitrogens with one attached hydrogen (secondary N) is 1. The van der Waals surface area contributed by atoms with Crippen molar-refractivity contribution in [2.45, 2.75) is 25.0 Å². The average Bonchev–Trinajstić information content (AvgIpc) is 3.07. The number of rotatable bonds is 7. The first-order valence-corrected chi connectivity index (χ1v) is 9.45. The van der Waals surface area contributed by atoms with Gasteiger partial charge in [-0.15, -0.1) is 10.2 Å². The summed E-state index contributed by atoms with van der Waals surface area (Å²) in [5.74, 6) is 1.73. The van der Waals surface area contributed by atoms with E-state index in [0.717, 1.165) is 22.8 Å². The number of nitrogens with zero attached hydrogens (tertiary/aromatic N) is 4. The lowest BCUT2D eigenvalue weighted by atomic mass is 10.1. The second-order valence-electron chi connectivity index (χ2n) is 5.92. The molecule has 7 nitrogen and oxygen atoms in total. The van der Waals surface area contributed by atoms with E-state index in [1.165, 1.54) is 11.8 Å². The van der Waals surface area contributed by atoms with Crippen LogP contribution in [0.2, 0.25) is 0 Å². The molecule has 3 rings (SSSR count). The average molecular weight is 383 g/mol. The molecule has 3 aromatic rings. The fourth-order valence-corrected chi connectivity index (χ4v) is 3.42. The van der Waals surface area contributed by atoms with Crippen LogP contribution in [0.25, 0.3) is 5.69 Å². The van der Waals surface area contributed by atoms with E-state index in [2.05, 4.69) is 20.5 Å². The fourth-order valence-electron chi connectivity index (χ4n) is 2.61. The zero-order valence-electron chi connectivity index (χ0n) is 15.4. The van der Waals surface area contributed by atoms with Gasteiger partial charge in [-0.25, -0.2) is 0 Å². The van der Waals surface area contributed by atoms with E-state index in [4.69, 9.17) is 4.74 Å². The number of aromatic nitrogens is 4. The third kappa shape index (κ3) is 4.65. The Kier molecular flexibility index (Phi) is 6.08. The van der Waals surface area contributed by atoms with E-state index in [-0.39, 0.29) is 17.7 Å². The van der Waals surface area contributed by atoms with Crippen molar-refractivity contribution in [1.29, 1.82) is 0 Å². The summed E-state index contributed by atoms with van der Waals surface area (Å²) >= 11 is 1.35. The number of hydrogen-bond acceptors (Lipinski definition) is 6. The third-order valence-electron chi connectivity index (χ3n) is 4.04. The number of thioether (sulfide) groups is 1. The number of hydrogen-bond donors (Lipinski definition) is 1. The van der Waals surface area contributed by atoms with Gasteiger partial charge < -0.3 is 10.1 Å². The molecule has 0 aliphatic heterocycles. The molecule has 0 saturated heterocycles. The van der Waals surface area contributed by atoms with Gasteiger partial charge in [-0.1, -0.05) is 11.8 Å². The normalized spacial score (nSPS) is 11.8. The van der Waals surface area contributed by atoms with E-state index in [1.807, 2.05) is 54.8 Å². The molecule has 2 heterocycles. The second-order valence-corrected chi connectivity index (χ2v) is 6.86. The van der Waals surface area contributed by atoms with Gasteiger partial charge in [0, 0.05) is 18.1 Å². The van der Waals surface area contributed by atoms with Gasteiger partial charge in [0.05, 0.1) is 18.9 Å². The maximum absolute atomic E-state index is 12.3. The minimum absolute atomic E-state index is 0.0637. The van der Waals surface area contributed by atoms with Crippen LogP contribution in [0.5, 0.6) is 5.75 Å². The van der Waals surface area contributed by atoms with E-state index < -0.39 is 0 Å². The highest BCUT2D eigenvalue weighted by Gasteiger charge is 2.15. The SMILES string of the molecule is COc1ccc(-n2c(C)nnc2SCC(=O)NC(C)c2ccncc2)cc1. The van der Waals surface area contributed by atoms with Crippen molar-refractivity contribution >= 4 is 17.7 Å². The first-order valence-electron chi connectivity index (χ1n) is 8.47. The van der Waals surface area contributed by atoms with Gasteiger partial charge in [0.2, 0.25) is 5.91 Å². The topological polar surface area (TPSA) is 81.9 Å². The molecule has 140 valence electrons. The lowest BCUT2D eigenvalue weighted by Gasteiger charge is -2.14. The molecule has 0 spiro atoms. The molecule has 0 fully saturated rings. The Morgan fingerprint density at radius 2 is 1.89 bits per heavy atom. The van der Waals surface area contributed by atoms with Crippen LogP contribution in [0, 0.1) is 6.92 Å². The highest BCUT2D eigenvalue weighted by Crippen LogP contribution is 2.23. The summed E-state index contributed by atoms with van der Waals surface area (Å²) in [5.41, 5.74) is 1.94. The Morgan fingerprint density at radius 1 is 1.19 bits per heavy atom. The number of amides is 1. The molecule has 0 saturated carbocycles. The van der Waals surface area contributed by atoms with Crippen molar-refractivity contribution < 1.29 is 9.53 Å². The first-order chi connectivity index (χ1) is 13.1. The van der Waals surface area contributed by atoms with Gasteiger partial charge in [-0.3, -0.25) is 14.3 Å². The summed E-state index contributed by atoms with van der Waals surface area (Å²) in [7, 11) is 1.63. The summed E-state index contributed by atoms with van der Waals surface area (Å²) in [4.78, 5) is 16.3. The number of pyridine rings is 1. The summed E-state index contributed by atoms with van der Waals surface area (Å²) in [6, 6.07) is 11.3. The second kappa shape index (κ2) is 8.68. The molecule has 1 amide bonds. The largest absolute Gasteiger partial charge is 0.497 e. The van der Waals surface area contributed by atoms with Crippen LogP contribution < -0.4 is 10.1 Å². The number of ether oxygens (including phenoxy) is 1. The molecule has 0 aliphatic carbocycles. The minimum Gasteiger partial charge on any atom is -0.497 e. The van der Waals surface area contributed by atoms with E-state index in [9.17, 15) is 4.79 Å². The maximum atomic E-state index is 12.3. The zero-order valence-corrected chi connectivity index (χ0v) is 16.2. The highest BCUT2D eigenvalue weighted by molar-refractivity contribution is 7.99. The number of carbonyl (C=O) groups is 1. The molecule has 0 aliphatic rings. The summed E-state index contributed by atoms with van der Waals surface area (Å²) in [6.07, 6.45) is 3.43. The van der Waals surface area contributed by atoms with Crippen molar-refractivity contribution in [2.75, 3.05) is 12.9 Å². The van der Waals surface area contributed by atoms with Crippen LogP contribution in [-0.4, -0.2) is 38.5 Å². The van der Waals surface area contributed by atoms with Crippen molar-refractivity contribution in [3.05, 3.63) is 60.2 Å². The van der Waals surface area contributed by atoms with E-state index in [1.54, 1.807) is 19.5 Å². The van der Waals surface area contributed by atoms with Crippen molar-refractivity contribution in [2.24, 2.45) is 0 Å². The van der Waals surface area contributed by atoms with Gasteiger partial charge in [-0.05, 0) is 55.8 Å². The monoisotopic (exact) mass is 383 g/mol. The van der Waals surface area contributed by atoms with Crippen molar-refractivity contribution in [3.8, 4) is 11.4 Å². The predicted molar refractivity (Wildman–Crippen MR) is 104 cm³/mol. The molecular formula is C19H21N5O2S. The summed E-state index contributed by atoms with van der Waals surface area (Å²) < 4.78 is 7.12. The van der Waals surface area contributed by atoms with Gasteiger partial charge >= 0.3 is 0 Å². The molecule has 27 heavy (non-hydrogen) atoms. The standard InChI is InChI=1S/C19H21N5O2S/c1-13(15-8-10-20-11-9-15)21-18(25)12-27-19-23-22-14(2)24(19)16-4-6-17(26-3)7-5-16/h4-11,13H,12H2,1-3H3,(H,21,25).